The number of phenolic OH excluding ortho intramolecular Hbond substituents is 1. The Morgan fingerprint density at radius 3 is 1.46 bits per heavy atom. The third-order valence-electron chi connectivity index (χ3n) is 12.2. The van der Waals surface area contributed by atoms with Gasteiger partial charge in [0, 0.05) is 59.2 Å². The lowest BCUT2D eigenvalue weighted by Crippen LogP contribution is -2.41. The number of nitrogens with zero attached hydrogens (tertiary/aromatic N) is 6. The second kappa shape index (κ2) is 26.8. The third-order valence-corrected chi connectivity index (χ3v) is 13.4. The lowest BCUT2D eigenvalue weighted by Gasteiger charge is -2.32. The predicted octanol–water partition coefficient (Wildman–Crippen LogP) is 10.5. The van der Waals surface area contributed by atoms with Crippen molar-refractivity contribution in [3.8, 4) is 58.5 Å². The van der Waals surface area contributed by atoms with Gasteiger partial charge in [0.15, 0.2) is 0 Å². The molecule has 0 radical (unpaired) electrons. The molecule has 1 N–H and O–H groups in total. The van der Waals surface area contributed by atoms with Crippen molar-refractivity contribution >= 4 is 56.0 Å². The number of ether oxygens (including phenoxy) is 6. The van der Waals surface area contributed by atoms with Crippen molar-refractivity contribution in [3.63, 3.8) is 0 Å². The number of halogens is 3. The SMILES string of the molecule is CC1(C)OB(c2ccc(OC3CCOCC3)c(C#N)c2)OC1(C)C.N#Cc1cc(-c2ccnc(Cl)n2)ccc1OC1CCOCC1.N#Cc1cc(Br)ccc1O.N#Cc1cc(Br)ccc1OC1CCOCC1. The molecule has 374 valence electrons. The number of nitriles is 4. The first-order chi connectivity index (χ1) is 34.6. The van der Waals surface area contributed by atoms with Crippen LogP contribution in [0.1, 0.15) is 88.5 Å². The Labute approximate surface area is 442 Å². The number of hydrogen-bond donors (Lipinski definition) is 1. The van der Waals surface area contributed by atoms with Gasteiger partial charge in [0.25, 0.3) is 0 Å². The fourth-order valence-corrected chi connectivity index (χ4v) is 8.32. The summed E-state index contributed by atoms with van der Waals surface area (Å²) in [5, 5.41) is 45.4. The average molecular weight is 1130 g/mol. The van der Waals surface area contributed by atoms with E-state index in [9.17, 15) is 10.5 Å². The van der Waals surface area contributed by atoms with Gasteiger partial charge in [0.2, 0.25) is 5.28 Å². The van der Waals surface area contributed by atoms with E-state index in [1.807, 2.05) is 64.1 Å². The monoisotopic (exact) mass is 1120 g/mol. The van der Waals surface area contributed by atoms with Crippen molar-refractivity contribution in [3.05, 3.63) is 122 Å². The van der Waals surface area contributed by atoms with Gasteiger partial charge >= 0.3 is 7.12 Å². The highest BCUT2D eigenvalue weighted by molar-refractivity contribution is 9.10. The summed E-state index contributed by atoms with van der Waals surface area (Å²) in [5.74, 6) is 1.89. The van der Waals surface area contributed by atoms with Crippen LogP contribution < -0.4 is 19.7 Å². The van der Waals surface area contributed by atoms with Crippen LogP contribution in [0.5, 0.6) is 23.0 Å². The molecule has 4 fully saturated rings. The molecule has 4 saturated heterocycles. The van der Waals surface area contributed by atoms with Crippen LogP contribution in [0.25, 0.3) is 11.3 Å². The van der Waals surface area contributed by atoms with Crippen molar-refractivity contribution < 1.29 is 42.8 Å². The van der Waals surface area contributed by atoms with Crippen LogP contribution in [-0.4, -0.2) is 91.3 Å². The first-order valence-electron chi connectivity index (χ1n) is 23.4. The fraction of sp³-hybridized carbons (Fsp3) is 0.396. The summed E-state index contributed by atoms with van der Waals surface area (Å²) in [6, 6.07) is 31.3. The molecule has 19 heteroatoms. The quantitative estimate of drug-likeness (QED) is 0.113. The Hall–Kier alpha value is -5.77. The maximum absolute atomic E-state index is 9.48. The maximum Gasteiger partial charge on any atom is 0.494 e. The summed E-state index contributed by atoms with van der Waals surface area (Å²) >= 11 is 12.3. The molecule has 4 aliphatic rings. The molecule has 4 aromatic carbocycles. The molecule has 0 amide bonds. The fourth-order valence-electron chi connectivity index (χ4n) is 7.45. The Morgan fingerprint density at radius 2 is 1.00 bits per heavy atom. The molecule has 0 atom stereocenters. The molecule has 0 unspecified atom stereocenters. The van der Waals surface area contributed by atoms with Crippen LogP contribution in [0, 0.1) is 45.3 Å². The van der Waals surface area contributed by atoms with Crippen LogP contribution in [-0.2, 0) is 23.5 Å². The molecule has 4 aliphatic heterocycles. The van der Waals surface area contributed by atoms with Crippen LogP contribution in [0.15, 0.2) is 94.0 Å². The summed E-state index contributed by atoms with van der Waals surface area (Å²) in [5.41, 5.74) is 3.37. The molecular formula is C53H54BBr2ClN6O9. The number of rotatable bonds is 8. The van der Waals surface area contributed by atoms with E-state index in [4.69, 9.17) is 65.0 Å². The number of hydrogen-bond acceptors (Lipinski definition) is 15. The Bertz CT molecular complexity index is 2780. The average Bonchev–Trinajstić information content (AvgIpc) is 3.62. The number of aromatic nitrogens is 2. The molecule has 0 bridgehead atoms. The molecule has 15 nitrogen and oxygen atoms in total. The zero-order valence-corrected chi connectivity index (χ0v) is 44.3. The van der Waals surface area contributed by atoms with Gasteiger partial charge in [-0.05, 0) is 118 Å². The van der Waals surface area contributed by atoms with E-state index in [1.54, 1.807) is 48.7 Å². The summed E-state index contributed by atoms with van der Waals surface area (Å²) in [7, 11) is -0.473. The van der Waals surface area contributed by atoms with E-state index in [2.05, 4.69) is 60.0 Å². The van der Waals surface area contributed by atoms with Crippen LogP contribution in [0.3, 0.4) is 0 Å². The third kappa shape index (κ3) is 15.9. The second-order valence-corrected chi connectivity index (χ2v) is 20.0. The smallest absolute Gasteiger partial charge is 0.494 e. The van der Waals surface area contributed by atoms with Crippen LogP contribution in [0.2, 0.25) is 5.28 Å². The van der Waals surface area contributed by atoms with E-state index in [0.717, 1.165) is 71.7 Å². The van der Waals surface area contributed by atoms with Gasteiger partial charge < -0.3 is 42.8 Å². The van der Waals surface area contributed by atoms with Crippen LogP contribution >= 0.6 is 43.5 Å². The topological polar surface area (TPSA) is 215 Å². The van der Waals surface area contributed by atoms with Crippen molar-refractivity contribution in [2.75, 3.05) is 39.6 Å². The minimum atomic E-state index is -0.473. The van der Waals surface area contributed by atoms with Gasteiger partial charge in [-0.15, -0.1) is 0 Å². The van der Waals surface area contributed by atoms with Crippen molar-refractivity contribution in [1.29, 1.82) is 21.0 Å². The standard InChI is InChI=1S/C18H24BNO4.C16H14ClN3O2.C12H12BrNO2.C7H4BrNO/c1-17(2)18(3,4)24-19(23-17)14-5-6-16(13(11-14)12-20)22-15-7-9-21-10-8-15;17-16-19-6-3-14(20-16)11-1-2-15(12(9-11)10-18)22-13-4-7-21-8-5-13;13-10-1-2-12(9(7-10)8-14)16-11-3-5-15-6-4-11;8-6-1-2-7(10)5(3-6)4-9/h5-6,11,15H,7-10H2,1-4H3;1-3,6,9,13H,4-5,7-8H2;1-2,7,11H,3-6H2;1-3,10H. The van der Waals surface area contributed by atoms with Gasteiger partial charge in [0.1, 0.15) is 65.6 Å². The van der Waals surface area contributed by atoms with Gasteiger partial charge in [-0.2, -0.15) is 21.0 Å². The van der Waals surface area contributed by atoms with E-state index in [-0.39, 0.29) is 34.9 Å². The Kier molecular flexibility index (Phi) is 20.7. The Morgan fingerprint density at radius 1 is 0.583 bits per heavy atom. The second-order valence-electron chi connectivity index (χ2n) is 17.8. The van der Waals surface area contributed by atoms with E-state index in [1.165, 1.54) is 6.07 Å². The molecule has 0 saturated carbocycles. The highest BCUT2D eigenvalue weighted by Gasteiger charge is 2.51. The van der Waals surface area contributed by atoms with Crippen LogP contribution in [0.4, 0.5) is 0 Å². The van der Waals surface area contributed by atoms with E-state index >= 15 is 0 Å². The Balaban J connectivity index is 0.000000164. The largest absolute Gasteiger partial charge is 0.507 e. The minimum absolute atomic E-state index is 0.0192. The zero-order valence-electron chi connectivity index (χ0n) is 40.4. The van der Waals surface area contributed by atoms with E-state index in [0.29, 0.717) is 66.1 Å². The number of benzene rings is 4. The molecule has 0 aliphatic carbocycles. The highest BCUT2D eigenvalue weighted by Crippen LogP contribution is 2.37. The molecule has 5 heterocycles. The first-order valence-corrected chi connectivity index (χ1v) is 25.3. The molecule has 72 heavy (non-hydrogen) atoms. The minimum Gasteiger partial charge on any atom is -0.507 e. The summed E-state index contributed by atoms with van der Waals surface area (Å²) in [6.07, 6.45) is 7.12. The molecule has 5 aromatic rings. The van der Waals surface area contributed by atoms with Gasteiger partial charge in [-0.1, -0.05) is 37.9 Å². The summed E-state index contributed by atoms with van der Waals surface area (Å²) in [4.78, 5) is 8.01. The predicted molar refractivity (Wildman–Crippen MR) is 277 cm³/mol. The lowest BCUT2D eigenvalue weighted by atomic mass is 9.78. The van der Waals surface area contributed by atoms with Crippen molar-refractivity contribution in [1.82, 2.24) is 9.97 Å². The lowest BCUT2D eigenvalue weighted by molar-refractivity contribution is 0.00578. The van der Waals surface area contributed by atoms with E-state index < -0.39 is 18.3 Å². The van der Waals surface area contributed by atoms with Crippen molar-refractivity contribution in [2.45, 2.75) is 95.7 Å². The number of phenols is 1. The van der Waals surface area contributed by atoms with Gasteiger partial charge in [-0.25, -0.2) is 9.97 Å². The molecule has 9 rings (SSSR count). The zero-order chi connectivity index (χ0) is 51.7. The normalized spacial score (nSPS) is 17.3. The summed E-state index contributed by atoms with van der Waals surface area (Å²) in [6.45, 7) is 12.3. The summed E-state index contributed by atoms with van der Waals surface area (Å²) < 4.78 is 47.4. The van der Waals surface area contributed by atoms with Gasteiger partial charge in [0.05, 0.1) is 78.8 Å². The molecular weight excluding hydrogens is 1070 g/mol. The maximum atomic E-state index is 9.48. The number of aromatic hydroxyl groups is 1. The first kappa shape index (κ1) is 55.5. The van der Waals surface area contributed by atoms with Crippen molar-refractivity contribution in [2.24, 2.45) is 0 Å². The van der Waals surface area contributed by atoms with Gasteiger partial charge in [-0.3, -0.25) is 0 Å². The highest BCUT2D eigenvalue weighted by atomic mass is 79.9. The molecule has 1 aromatic heterocycles. The molecule has 0 spiro atoms.